The summed E-state index contributed by atoms with van der Waals surface area (Å²) in [7, 11) is 0. The Morgan fingerprint density at radius 2 is 2.00 bits per heavy atom. The highest BCUT2D eigenvalue weighted by molar-refractivity contribution is 5.89. The van der Waals surface area contributed by atoms with Crippen molar-refractivity contribution in [2.24, 2.45) is 0 Å². The smallest absolute Gasteiger partial charge is 0.319 e. The minimum absolute atomic E-state index is 0.0937. The number of carbonyl (C=O) groups is 1. The molecule has 100 valence electrons. The van der Waals surface area contributed by atoms with Gasteiger partial charge in [-0.2, -0.15) is 5.26 Å². The maximum Gasteiger partial charge on any atom is 0.319 e. The Labute approximate surface area is 115 Å². The molecule has 0 saturated carbocycles. The molecular weight excluding hydrogens is 257 g/mol. The first kappa shape index (κ1) is 13.6. The lowest BCUT2D eigenvalue weighted by atomic mass is 10.2. The number of amides is 2. The molecule has 2 aromatic carbocycles. The van der Waals surface area contributed by atoms with Crippen LogP contribution in [0.25, 0.3) is 0 Å². The van der Waals surface area contributed by atoms with Gasteiger partial charge in [-0.3, -0.25) is 0 Å². The fourth-order valence-corrected chi connectivity index (χ4v) is 1.66. The Morgan fingerprint density at radius 1 is 1.20 bits per heavy atom. The molecule has 4 nitrogen and oxygen atoms in total. The molecule has 0 aliphatic rings. The second-order valence-electron chi connectivity index (χ2n) is 4.09. The van der Waals surface area contributed by atoms with E-state index in [1.54, 1.807) is 42.5 Å². The molecule has 0 aromatic heterocycles. The fourth-order valence-electron chi connectivity index (χ4n) is 1.66. The molecule has 0 saturated heterocycles. The van der Waals surface area contributed by atoms with Crippen LogP contribution in [0.2, 0.25) is 0 Å². The average molecular weight is 269 g/mol. The van der Waals surface area contributed by atoms with E-state index in [0.29, 0.717) is 16.8 Å². The highest BCUT2D eigenvalue weighted by Crippen LogP contribution is 2.10. The van der Waals surface area contributed by atoms with Crippen LogP contribution < -0.4 is 10.6 Å². The van der Waals surface area contributed by atoms with Gasteiger partial charge >= 0.3 is 6.03 Å². The second-order valence-corrected chi connectivity index (χ2v) is 4.09. The number of nitriles is 1. The Bertz CT molecular complexity index is 664. The molecule has 20 heavy (non-hydrogen) atoms. The number of hydrogen-bond acceptors (Lipinski definition) is 2. The van der Waals surface area contributed by atoms with E-state index in [0.717, 1.165) is 0 Å². The Hall–Kier alpha value is -2.87. The molecule has 2 amide bonds. The summed E-state index contributed by atoms with van der Waals surface area (Å²) in [6, 6.07) is 14.3. The SMILES string of the molecule is N#Cc1cccc(NC(=O)NCc2ccccc2F)c1. The Kier molecular flexibility index (Phi) is 4.30. The summed E-state index contributed by atoms with van der Waals surface area (Å²) in [6.07, 6.45) is 0. The van der Waals surface area contributed by atoms with E-state index in [-0.39, 0.29) is 12.4 Å². The molecule has 0 unspecified atom stereocenters. The zero-order valence-corrected chi connectivity index (χ0v) is 10.6. The molecule has 0 fully saturated rings. The van der Waals surface area contributed by atoms with E-state index in [4.69, 9.17) is 5.26 Å². The van der Waals surface area contributed by atoms with E-state index in [2.05, 4.69) is 10.6 Å². The molecular formula is C15H12FN3O. The predicted octanol–water partition coefficient (Wildman–Crippen LogP) is 3.02. The van der Waals surface area contributed by atoms with Crippen LogP contribution in [0.4, 0.5) is 14.9 Å². The number of rotatable bonds is 3. The van der Waals surface area contributed by atoms with Crippen molar-refractivity contribution in [3.05, 3.63) is 65.5 Å². The van der Waals surface area contributed by atoms with E-state index >= 15 is 0 Å². The summed E-state index contributed by atoms with van der Waals surface area (Å²) in [5.74, 6) is -0.362. The van der Waals surface area contributed by atoms with Gasteiger partial charge in [-0.15, -0.1) is 0 Å². The van der Waals surface area contributed by atoms with Crippen molar-refractivity contribution in [3.63, 3.8) is 0 Å². The second kappa shape index (κ2) is 6.34. The van der Waals surface area contributed by atoms with Crippen LogP contribution in [0, 0.1) is 17.1 Å². The first-order valence-electron chi connectivity index (χ1n) is 5.97. The van der Waals surface area contributed by atoms with Gasteiger partial charge in [0.1, 0.15) is 5.82 Å². The van der Waals surface area contributed by atoms with Gasteiger partial charge in [-0.25, -0.2) is 9.18 Å². The molecule has 0 radical (unpaired) electrons. The molecule has 0 aliphatic heterocycles. The number of urea groups is 1. The quantitative estimate of drug-likeness (QED) is 0.899. The van der Waals surface area contributed by atoms with Crippen molar-refractivity contribution >= 4 is 11.7 Å². The standard InChI is InChI=1S/C15H12FN3O/c16-14-7-2-1-5-12(14)10-18-15(20)19-13-6-3-4-11(8-13)9-17/h1-8H,10H2,(H2,18,19,20). The number of anilines is 1. The van der Waals surface area contributed by atoms with Crippen LogP contribution in [0.3, 0.4) is 0 Å². The largest absolute Gasteiger partial charge is 0.334 e. The molecule has 2 rings (SSSR count). The van der Waals surface area contributed by atoms with Gasteiger partial charge in [0, 0.05) is 17.8 Å². The van der Waals surface area contributed by atoms with E-state index < -0.39 is 6.03 Å². The molecule has 0 atom stereocenters. The number of carbonyl (C=O) groups excluding carboxylic acids is 1. The summed E-state index contributed by atoms with van der Waals surface area (Å²) in [5.41, 5.74) is 1.38. The van der Waals surface area contributed by atoms with Crippen LogP contribution in [-0.2, 0) is 6.54 Å². The van der Waals surface area contributed by atoms with Crippen LogP contribution in [0.5, 0.6) is 0 Å². The number of nitrogens with zero attached hydrogens (tertiary/aromatic N) is 1. The van der Waals surface area contributed by atoms with Crippen molar-refractivity contribution in [1.29, 1.82) is 5.26 Å². The third-order valence-corrected chi connectivity index (χ3v) is 2.65. The zero-order valence-electron chi connectivity index (χ0n) is 10.6. The lowest BCUT2D eigenvalue weighted by Crippen LogP contribution is -2.28. The van der Waals surface area contributed by atoms with Crippen molar-refractivity contribution in [2.75, 3.05) is 5.32 Å². The van der Waals surface area contributed by atoms with Crippen LogP contribution in [0.15, 0.2) is 48.5 Å². The van der Waals surface area contributed by atoms with Crippen molar-refractivity contribution < 1.29 is 9.18 Å². The average Bonchev–Trinajstić information content (AvgIpc) is 2.46. The van der Waals surface area contributed by atoms with Gasteiger partial charge in [0.25, 0.3) is 0 Å². The van der Waals surface area contributed by atoms with Gasteiger partial charge in [0.05, 0.1) is 11.6 Å². The maximum absolute atomic E-state index is 13.4. The van der Waals surface area contributed by atoms with Gasteiger partial charge in [0.2, 0.25) is 0 Å². The van der Waals surface area contributed by atoms with E-state index in [9.17, 15) is 9.18 Å². The minimum Gasteiger partial charge on any atom is -0.334 e. The van der Waals surface area contributed by atoms with Crippen LogP contribution >= 0.6 is 0 Å². The van der Waals surface area contributed by atoms with Gasteiger partial charge < -0.3 is 10.6 Å². The monoisotopic (exact) mass is 269 g/mol. The first-order valence-corrected chi connectivity index (χ1v) is 5.97. The number of benzene rings is 2. The maximum atomic E-state index is 13.4. The predicted molar refractivity (Wildman–Crippen MR) is 73.4 cm³/mol. The van der Waals surface area contributed by atoms with Crippen LogP contribution in [-0.4, -0.2) is 6.03 Å². The van der Waals surface area contributed by atoms with E-state index in [1.165, 1.54) is 6.07 Å². The molecule has 2 N–H and O–H groups in total. The van der Waals surface area contributed by atoms with Crippen molar-refractivity contribution in [2.45, 2.75) is 6.54 Å². The number of hydrogen-bond donors (Lipinski definition) is 2. The lowest BCUT2D eigenvalue weighted by molar-refractivity contribution is 0.251. The third-order valence-electron chi connectivity index (χ3n) is 2.65. The molecule has 0 aliphatic carbocycles. The number of nitrogens with one attached hydrogen (secondary N) is 2. The van der Waals surface area contributed by atoms with Gasteiger partial charge in [0.15, 0.2) is 0 Å². The minimum atomic E-state index is -0.455. The van der Waals surface area contributed by atoms with Gasteiger partial charge in [-0.1, -0.05) is 24.3 Å². The highest BCUT2D eigenvalue weighted by atomic mass is 19.1. The van der Waals surface area contributed by atoms with Crippen LogP contribution in [0.1, 0.15) is 11.1 Å². The summed E-state index contributed by atoms with van der Waals surface area (Å²) < 4.78 is 13.4. The first-order chi connectivity index (χ1) is 9.69. The normalized spacial score (nSPS) is 9.60. The fraction of sp³-hybridized carbons (Fsp3) is 0.0667. The number of halogens is 1. The van der Waals surface area contributed by atoms with Gasteiger partial charge in [-0.05, 0) is 24.3 Å². The molecule has 0 bridgehead atoms. The lowest BCUT2D eigenvalue weighted by Gasteiger charge is -2.08. The summed E-state index contributed by atoms with van der Waals surface area (Å²) in [4.78, 5) is 11.7. The molecule has 2 aromatic rings. The van der Waals surface area contributed by atoms with Crippen molar-refractivity contribution in [1.82, 2.24) is 5.32 Å². The highest BCUT2D eigenvalue weighted by Gasteiger charge is 2.05. The molecule has 0 heterocycles. The molecule has 0 spiro atoms. The van der Waals surface area contributed by atoms with E-state index in [1.807, 2.05) is 6.07 Å². The Morgan fingerprint density at radius 3 is 2.75 bits per heavy atom. The zero-order chi connectivity index (χ0) is 14.4. The van der Waals surface area contributed by atoms with Crippen molar-refractivity contribution in [3.8, 4) is 6.07 Å². The topological polar surface area (TPSA) is 64.9 Å². The molecule has 5 heteroatoms. The Balaban J connectivity index is 1.93. The summed E-state index contributed by atoms with van der Waals surface area (Å²) in [5, 5.41) is 13.9. The summed E-state index contributed by atoms with van der Waals surface area (Å²) >= 11 is 0. The summed E-state index contributed by atoms with van der Waals surface area (Å²) in [6.45, 7) is 0.0937. The third kappa shape index (κ3) is 3.56.